The van der Waals surface area contributed by atoms with Crippen LogP contribution in [-0.2, 0) is 11.2 Å². The molecule has 3 aromatic heterocycles. The van der Waals surface area contributed by atoms with Gasteiger partial charge in [-0.1, -0.05) is 34.8 Å². The van der Waals surface area contributed by atoms with Crippen LogP contribution in [0.5, 0.6) is 0 Å². The van der Waals surface area contributed by atoms with Crippen LogP contribution < -0.4 is 0 Å². The minimum atomic E-state index is -1.50. The van der Waals surface area contributed by atoms with Gasteiger partial charge in [0.1, 0.15) is 16.0 Å². The highest BCUT2D eigenvalue weighted by Crippen LogP contribution is 2.37. The van der Waals surface area contributed by atoms with Crippen LogP contribution >= 0.6 is 34.8 Å². The molecule has 0 spiro atoms. The Hall–Kier alpha value is -1.37. The fraction of sp³-hybridized carbons (Fsp3) is 0.0625. The quantitative estimate of drug-likeness (QED) is 0.471. The van der Waals surface area contributed by atoms with Crippen LogP contribution in [-0.4, -0.2) is 19.5 Å². The van der Waals surface area contributed by atoms with E-state index in [1.807, 2.05) is 0 Å². The van der Waals surface area contributed by atoms with E-state index in [9.17, 15) is 4.55 Å². The second-order valence-corrected chi connectivity index (χ2v) is 7.49. The highest BCUT2D eigenvalue weighted by Gasteiger charge is 2.32. The van der Waals surface area contributed by atoms with Gasteiger partial charge in [-0.2, -0.15) is 0 Å². The lowest BCUT2D eigenvalue weighted by Crippen LogP contribution is -2.17. The third-order valence-corrected chi connectivity index (χ3v) is 5.63. The van der Waals surface area contributed by atoms with Crippen molar-refractivity contribution in [3.05, 3.63) is 81.6 Å². The lowest BCUT2D eigenvalue weighted by atomic mass is 10.1. The molecule has 3 heterocycles. The number of rotatable bonds is 4. The van der Waals surface area contributed by atoms with E-state index in [0.29, 0.717) is 20.8 Å². The molecule has 24 heavy (non-hydrogen) atoms. The van der Waals surface area contributed by atoms with Crippen LogP contribution in [0.4, 0.5) is 0 Å². The summed E-state index contributed by atoms with van der Waals surface area (Å²) in [6.07, 6.45) is 4.72. The van der Waals surface area contributed by atoms with Crippen molar-refractivity contribution in [1.82, 2.24) is 15.0 Å². The number of pyridine rings is 3. The molecular formula is C16H10Cl3N3OS. The van der Waals surface area contributed by atoms with Crippen LogP contribution in [0.1, 0.15) is 16.5 Å². The SMILES string of the molecule is [O-][S+](c1ccc(Cl)nc1)C(c1ccncc1)c1nc(Cl)ccc1Cl. The van der Waals surface area contributed by atoms with E-state index in [4.69, 9.17) is 34.8 Å². The number of hydrogen-bond donors (Lipinski definition) is 0. The average molecular weight is 399 g/mol. The Morgan fingerprint density at radius 2 is 1.62 bits per heavy atom. The van der Waals surface area contributed by atoms with Crippen molar-refractivity contribution in [1.29, 1.82) is 0 Å². The normalized spacial score (nSPS) is 13.5. The second kappa shape index (κ2) is 7.68. The molecule has 0 bridgehead atoms. The molecule has 0 saturated carbocycles. The van der Waals surface area contributed by atoms with E-state index >= 15 is 0 Å². The van der Waals surface area contributed by atoms with Crippen LogP contribution in [0, 0.1) is 0 Å². The Morgan fingerprint density at radius 3 is 2.29 bits per heavy atom. The van der Waals surface area contributed by atoms with Crippen molar-refractivity contribution in [3.63, 3.8) is 0 Å². The summed E-state index contributed by atoms with van der Waals surface area (Å²) < 4.78 is 13.2. The molecule has 4 nitrogen and oxygen atoms in total. The first-order chi connectivity index (χ1) is 11.6. The first-order valence-electron chi connectivity index (χ1n) is 6.80. The van der Waals surface area contributed by atoms with E-state index in [2.05, 4.69) is 15.0 Å². The minimum absolute atomic E-state index is 0.277. The lowest BCUT2D eigenvalue weighted by molar-refractivity contribution is 0.586. The molecule has 0 amide bonds. The summed E-state index contributed by atoms with van der Waals surface area (Å²) in [5.41, 5.74) is 1.19. The van der Waals surface area contributed by atoms with Gasteiger partial charge in [-0.05, 0) is 36.4 Å². The largest absolute Gasteiger partial charge is 0.611 e. The van der Waals surface area contributed by atoms with Gasteiger partial charge in [-0.25, -0.2) is 9.97 Å². The third-order valence-electron chi connectivity index (χ3n) is 3.24. The van der Waals surface area contributed by atoms with Crippen molar-refractivity contribution in [2.45, 2.75) is 10.1 Å². The Labute approximate surface area is 157 Å². The standard InChI is InChI=1S/C16H10Cl3N3OS/c17-12-2-4-14(19)22-15(12)16(10-5-7-20-8-6-10)24(23)11-1-3-13(18)21-9-11/h1-9,16H. The maximum absolute atomic E-state index is 13.2. The average Bonchev–Trinajstić information content (AvgIpc) is 2.60. The summed E-state index contributed by atoms with van der Waals surface area (Å²) >= 11 is 16.6. The minimum Gasteiger partial charge on any atom is -0.611 e. The van der Waals surface area contributed by atoms with Crippen LogP contribution in [0.25, 0.3) is 0 Å². The van der Waals surface area contributed by atoms with Gasteiger partial charge >= 0.3 is 0 Å². The summed E-state index contributed by atoms with van der Waals surface area (Å²) in [4.78, 5) is 12.8. The van der Waals surface area contributed by atoms with E-state index in [1.165, 1.54) is 6.20 Å². The molecule has 122 valence electrons. The maximum Gasteiger partial charge on any atom is 0.189 e. The topological polar surface area (TPSA) is 61.7 Å². The van der Waals surface area contributed by atoms with Gasteiger partial charge in [0, 0.05) is 29.1 Å². The molecule has 0 radical (unpaired) electrons. The predicted octanol–water partition coefficient (Wildman–Crippen LogP) is 4.73. The van der Waals surface area contributed by atoms with Crippen LogP contribution in [0.15, 0.2) is 59.9 Å². The van der Waals surface area contributed by atoms with E-state index in [-0.39, 0.29) is 5.15 Å². The molecule has 0 aromatic carbocycles. The summed E-state index contributed by atoms with van der Waals surface area (Å²) in [6.45, 7) is 0. The molecule has 2 atom stereocenters. The van der Waals surface area contributed by atoms with E-state index < -0.39 is 16.4 Å². The Bertz CT molecular complexity index is 834. The molecule has 3 aromatic rings. The number of aromatic nitrogens is 3. The lowest BCUT2D eigenvalue weighted by Gasteiger charge is -2.22. The predicted molar refractivity (Wildman–Crippen MR) is 96.0 cm³/mol. The molecule has 8 heteroatoms. The Kier molecular flexibility index (Phi) is 5.58. The smallest absolute Gasteiger partial charge is 0.189 e. The zero-order valence-electron chi connectivity index (χ0n) is 12.1. The first kappa shape index (κ1) is 17.5. The maximum atomic E-state index is 13.2. The molecule has 2 unspecified atom stereocenters. The molecule has 0 aliphatic heterocycles. The Balaban J connectivity index is 2.12. The Morgan fingerprint density at radius 1 is 0.917 bits per heavy atom. The van der Waals surface area contributed by atoms with Gasteiger partial charge in [0.15, 0.2) is 10.1 Å². The molecule has 0 fully saturated rings. The fourth-order valence-corrected chi connectivity index (χ4v) is 4.12. The number of hydrogen-bond acceptors (Lipinski definition) is 4. The van der Waals surface area contributed by atoms with E-state index in [0.717, 1.165) is 5.56 Å². The molecule has 0 saturated heterocycles. The van der Waals surface area contributed by atoms with Crippen molar-refractivity contribution < 1.29 is 4.55 Å². The van der Waals surface area contributed by atoms with Gasteiger partial charge in [-0.15, -0.1) is 0 Å². The van der Waals surface area contributed by atoms with Crippen molar-refractivity contribution in [2.75, 3.05) is 0 Å². The summed E-state index contributed by atoms with van der Waals surface area (Å²) in [5.74, 6) is 0. The molecule has 3 rings (SSSR count). The number of nitrogens with zero attached hydrogens (tertiary/aromatic N) is 3. The van der Waals surface area contributed by atoms with Gasteiger partial charge in [-0.3, -0.25) is 4.98 Å². The molecule has 0 aliphatic rings. The first-order valence-corrected chi connectivity index (χ1v) is 9.15. The van der Waals surface area contributed by atoms with Crippen molar-refractivity contribution in [3.8, 4) is 0 Å². The van der Waals surface area contributed by atoms with Gasteiger partial charge in [0.25, 0.3) is 0 Å². The van der Waals surface area contributed by atoms with Crippen molar-refractivity contribution in [2.24, 2.45) is 0 Å². The molecular weight excluding hydrogens is 389 g/mol. The van der Waals surface area contributed by atoms with Crippen molar-refractivity contribution >= 4 is 46.0 Å². The summed E-state index contributed by atoms with van der Waals surface area (Å²) in [6, 6.07) is 10.0. The van der Waals surface area contributed by atoms with Crippen LogP contribution in [0.2, 0.25) is 15.3 Å². The fourth-order valence-electron chi connectivity index (χ4n) is 2.16. The highest BCUT2D eigenvalue weighted by atomic mass is 35.5. The summed E-state index contributed by atoms with van der Waals surface area (Å²) in [5, 5.41) is 0.383. The second-order valence-electron chi connectivity index (χ2n) is 4.78. The molecule has 0 N–H and O–H groups in total. The van der Waals surface area contributed by atoms with E-state index in [1.54, 1.807) is 48.8 Å². The highest BCUT2D eigenvalue weighted by molar-refractivity contribution is 7.91. The van der Waals surface area contributed by atoms with Gasteiger partial charge < -0.3 is 4.55 Å². The van der Waals surface area contributed by atoms with Gasteiger partial charge in [0.2, 0.25) is 0 Å². The van der Waals surface area contributed by atoms with Gasteiger partial charge in [0.05, 0.1) is 11.2 Å². The third kappa shape index (κ3) is 3.82. The summed E-state index contributed by atoms with van der Waals surface area (Å²) in [7, 11) is 0. The zero-order valence-corrected chi connectivity index (χ0v) is 15.1. The number of halogens is 3. The monoisotopic (exact) mass is 397 g/mol. The zero-order chi connectivity index (χ0) is 17.1. The molecule has 0 aliphatic carbocycles. The van der Waals surface area contributed by atoms with Crippen LogP contribution in [0.3, 0.4) is 0 Å².